The van der Waals surface area contributed by atoms with E-state index in [1.54, 1.807) is 18.2 Å². The summed E-state index contributed by atoms with van der Waals surface area (Å²) in [5.41, 5.74) is 2.15. The molecule has 5 heteroatoms. The molecule has 1 aromatic heterocycles. The number of Topliss-reactive ketones (excluding diaryl/α,β-unsaturated/α-hetero) is 1. The van der Waals surface area contributed by atoms with E-state index in [0.29, 0.717) is 15.6 Å². The number of benzene rings is 3. The van der Waals surface area contributed by atoms with Crippen LogP contribution in [-0.4, -0.2) is 10.8 Å². The number of rotatable bonds is 4. The van der Waals surface area contributed by atoms with Crippen molar-refractivity contribution in [2.24, 2.45) is 0 Å². The Morgan fingerprint density at radius 3 is 2.52 bits per heavy atom. The molecule has 1 unspecified atom stereocenters. The predicted molar refractivity (Wildman–Crippen MR) is 109 cm³/mol. The number of hydrogen-bond donors (Lipinski definition) is 0. The first-order valence-electron chi connectivity index (χ1n) is 8.30. The van der Waals surface area contributed by atoms with Gasteiger partial charge in [-0.15, -0.1) is 11.3 Å². The third-order valence-corrected chi connectivity index (χ3v) is 5.50. The zero-order valence-electron chi connectivity index (χ0n) is 14.1. The van der Waals surface area contributed by atoms with Crippen LogP contribution in [0, 0.1) is 11.3 Å². The van der Waals surface area contributed by atoms with Gasteiger partial charge in [0.2, 0.25) is 0 Å². The zero-order chi connectivity index (χ0) is 18.8. The van der Waals surface area contributed by atoms with E-state index in [9.17, 15) is 10.1 Å². The molecule has 1 heterocycles. The third kappa shape index (κ3) is 3.48. The van der Waals surface area contributed by atoms with Gasteiger partial charge in [0.25, 0.3) is 0 Å². The van der Waals surface area contributed by atoms with Crippen molar-refractivity contribution >= 4 is 39.5 Å². The number of carbonyl (C=O) groups is 1. The molecule has 1 atom stereocenters. The van der Waals surface area contributed by atoms with Gasteiger partial charge in [-0.25, -0.2) is 4.98 Å². The number of carbonyl (C=O) groups excluding carboxylic acids is 1. The average molecular weight is 389 g/mol. The average Bonchev–Trinajstić information content (AvgIpc) is 3.18. The first kappa shape index (κ1) is 17.4. The molecule has 0 bridgehead atoms. The van der Waals surface area contributed by atoms with Crippen molar-refractivity contribution in [1.29, 1.82) is 5.26 Å². The molecule has 0 spiro atoms. The van der Waals surface area contributed by atoms with Crippen molar-refractivity contribution in [1.82, 2.24) is 4.98 Å². The molecule has 4 aromatic rings. The van der Waals surface area contributed by atoms with E-state index >= 15 is 0 Å². The summed E-state index contributed by atoms with van der Waals surface area (Å²) in [4.78, 5) is 17.5. The number of thiazole rings is 1. The van der Waals surface area contributed by atoms with Crippen molar-refractivity contribution in [3.63, 3.8) is 0 Å². The fraction of sp³-hybridized carbons (Fsp3) is 0.0455. The second kappa shape index (κ2) is 7.32. The van der Waals surface area contributed by atoms with Gasteiger partial charge in [-0.1, -0.05) is 60.1 Å². The Morgan fingerprint density at radius 2 is 1.78 bits per heavy atom. The monoisotopic (exact) mass is 388 g/mol. The summed E-state index contributed by atoms with van der Waals surface area (Å²) in [5.74, 6) is -1.16. The highest BCUT2D eigenvalue weighted by Crippen LogP contribution is 2.29. The number of fused-ring (bicyclic) bond motifs is 1. The second-order valence-electron chi connectivity index (χ2n) is 6.07. The third-order valence-electron chi connectivity index (χ3n) is 4.33. The lowest BCUT2D eigenvalue weighted by atomic mass is 9.97. The SMILES string of the molecule is N#CC(C(=O)c1ccc2ccccc2c1)c1nc(-c2ccc(Cl)cc2)cs1. The molecule has 0 saturated heterocycles. The lowest BCUT2D eigenvalue weighted by Gasteiger charge is -2.07. The van der Waals surface area contributed by atoms with Crippen molar-refractivity contribution in [2.45, 2.75) is 5.92 Å². The number of aromatic nitrogens is 1. The van der Waals surface area contributed by atoms with Gasteiger partial charge < -0.3 is 0 Å². The van der Waals surface area contributed by atoms with Crippen LogP contribution < -0.4 is 0 Å². The van der Waals surface area contributed by atoms with E-state index in [0.717, 1.165) is 22.0 Å². The number of nitriles is 1. The number of hydrogen-bond acceptors (Lipinski definition) is 4. The Kier molecular flexibility index (Phi) is 4.72. The summed E-state index contributed by atoms with van der Waals surface area (Å²) in [6.45, 7) is 0. The molecule has 0 fully saturated rings. The van der Waals surface area contributed by atoms with Gasteiger partial charge in [0.1, 0.15) is 5.01 Å². The molecule has 4 rings (SSSR count). The van der Waals surface area contributed by atoms with Gasteiger partial charge in [-0.2, -0.15) is 5.26 Å². The zero-order valence-corrected chi connectivity index (χ0v) is 15.7. The van der Waals surface area contributed by atoms with Gasteiger partial charge in [0.05, 0.1) is 11.8 Å². The van der Waals surface area contributed by atoms with Crippen LogP contribution >= 0.6 is 22.9 Å². The van der Waals surface area contributed by atoms with Crippen LogP contribution in [0.1, 0.15) is 21.3 Å². The summed E-state index contributed by atoms with van der Waals surface area (Å²) in [5, 5.41) is 14.7. The first-order chi connectivity index (χ1) is 13.2. The fourth-order valence-electron chi connectivity index (χ4n) is 2.91. The molecule has 130 valence electrons. The second-order valence-corrected chi connectivity index (χ2v) is 7.39. The van der Waals surface area contributed by atoms with Gasteiger partial charge >= 0.3 is 0 Å². The Hall–Kier alpha value is -3.00. The topological polar surface area (TPSA) is 53.8 Å². The van der Waals surface area contributed by atoms with Crippen LogP contribution in [0.4, 0.5) is 0 Å². The molecule has 3 nitrogen and oxygen atoms in total. The van der Waals surface area contributed by atoms with Crippen LogP contribution in [0.2, 0.25) is 5.02 Å². The number of nitrogens with zero attached hydrogens (tertiary/aromatic N) is 2. The number of ketones is 1. The summed E-state index contributed by atoms with van der Waals surface area (Å²) >= 11 is 7.24. The summed E-state index contributed by atoms with van der Waals surface area (Å²) < 4.78 is 0. The van der Waals surface area contributed by atoms with E-state index in [4.69, 9.17) is 11.6 Å². The van der Waals surface area contributed by atoms with Crippen LogP contribution in [0.5, 0.6) is 0 Å². The molecule has 27 heavy (non-hydrogen) atoms. The predicted octanol–water partition coefficient (Wildman–Crippen LogP) is 6.11. The summed E-state index contributed by atoms with van der Waals surface area (Å²) in [6, 6.07) is 22.8. The van der Waals surface area contributed by atoms with Crippen LogP contribution in [-0.2, 0) is 0 Å². The highest BCUT2D eigenvalue weighted by atomic mass is 35.5. The summed E-state index contributed by atoms with van der Waals surface area (Å²) in [7, 11) is 0. The van der Waals surface area contributed by atoms with Crippen LogP contribution in [0.25, 0.3) is 22.0 Å². The molecule has 3 aromatic carbocycles. The molecule has 0 N–H and O–H groups in total. The largest absolute Gasteiger partial charge is 0.292 e. The van der Waals surface area contributed by atoms with E-state index in [1.807, 2.05) is 53.9 Å². The Bertz CT molecular complexity index is 1170. The first-order valence-corrected chi connectivity index (χ1v) is 9.55. The normalized spacial score (nSPS) is 11.9. The Balaban J connectivity index is 1.66. The number of halogens is 1. The Labute approximate surface area is 165 Å². The molecule has 0 aliphatic rings. The smallest absolute Gasteiger partial charge is 0.186 e. The molecular formula is C22H13ClN2OS. The van der Waals surface area contributed by atoms with Crippen LogP contribution in [0.15, 0.2) is 72.1 Å². The van der Waals surface area contributed by atoms with Crippen LogP contribution in [0.3, 0.4) is 0 Å². The quantitative estimate of drug-likeness (QED) is 0.396. The molecule has 0 aliphatic carbocycles. The molecule has 0 aliphatic heterocycles. The minimum atomic E-state index is -0.919. The maximum absolute atomic E-state index is 12.9. The minimum Gasteiger partial charge on any atom is -0.292 e. The van der Waals surface area contributed by atoms with E-state index in [-0.39, 0.29) is 5.78 Å². The van der Waals surface area contributed by atoms with E-state index in [2.05, 4.69) is 11.1 Å². The fourth-order valence-corrected chi connectivity index (χ4v) is 3.90. The van der Waals surface area contributed by atoms with Crippen molar-refractivity contribution < 1.29 is 4.79 Å². The molecular weight excluding hydrogens is 376 g/mol. The van der Waals surface area contributed by atoms with Crippen molar-refractivity contribution in [3.05, 3.63) is 87.7 Å². The standard InChI is InChI=1S/C22H13ClN2OS/c23-18-9-7-15(8-10-18)20-13-27-22(25-20)19(12-24)21(26)17-6-5-14-3-1-2-4-16(14)11-17/h1-11,13,19H. The van der Waals surface area contributed by atoms with Crippen molar-refractivity contribution in [2.75, 3.05) is 0 Å². The molecule has 0 saturated carbocycles. The lowest BCUT2D eigenvalue weighted by molar-refractivity contribution is 0.0979. The lowest BCUT2D eigenvalue weighted by Crippen LogP contribution is -2.11. The molecule has 0 amide bonds. The van der Waals surface area contributed by atoms with Gasteiger partial charge in [0.15, 0.2) is 11.7 Å². The maximum atomic E-state index is 12.9. The Morgan fingerprint density at radius 1 is 1.04 bits per heavy atom. The minimum absolute atomic E-state index is 0.236. The van der Waals surface area contributed by atoms with Gasteiger partial charge in [-0.3, -0.25) is 4.79 Å². The van der Waals surface area contributed by atoms with Gasteiger partial charge in [-0.05, 0) is 29.0 Å². The van der Waals surface area contributed by atoms with Crippen molar-refractivity contribution in [3.8, 4) is 17.3 Å². The van der Waals surface area contributed by atoms with Gasteiger partial charge in [0, 0.05) is 21.5 Å². The molecule has 0 radical (unpaired) electrons. The highest BCUT2D eigenvalue weighted by Gasteiger charge is 2.25. The van der Waals surface area contributed by atoms with E-state index < -0.39 is 5.92 Å². The highest BCUT2D eigenvalue weighted by molar-refractivity contribution is 7.10. The van der Waals surface area contributed by atoms with E-state index in [1.165, 1.54) is 11.3 Å². The summed E-state index contributed by atoms with van der Waals surface area (Å²) in [6.07, 6.45) is 0. The maximum Gasteiger partial charge on any atom is 0.186 e.